The van der Waals surface area contributed by atoms with Crippen molar-refractivity contribution in [1.29, 1.82) is 0 Å². The summed E-state index contributed by atoms with van der Waals surface area (Å²) < 4.78 is 0. The van der Waals surface area contributed by atoms with Crippen molar-refractivity contribution in [2.24, 2.45) is 0 Å². The summed E-state index contributed by atoms with van der Waals surface area (Å²) in [4.78, 5) is 10.5. The van der Waals surface area contributed by atoms with Gasteiger partial charge in [-0.1, -0.05) is 22.0 Å². The zero-order valence-electron chi connectivity index (χ0n) is 6.96. The van der Waals surface area contributed by atoms with Crippen LogP contribution >= 0.6 is 15.9 Å². The monoisotopic (exact) mass is 243 g/mol. The smallest absolute Gasteiger partial charge is 0.307 e. The maximum absolute atomic E-state index is 10.5. The SMILES string of the molecule is Nc1ccc(CBr)c(CC(=O)O)c1. The van der Waals surface area contributed by atoms with Crippen molar-refractivity contribution in [1.82, 2.24) is 0 Å². The van der Waals surface area contributed by atoms with Crippen LogP contribution in [0.4, 0.5) is 5.69 Å². The number of benzene rings is 1. The highest BCUT2D eigenvalue weighted by Crippen LogP contribution is 2.16. The fourth-order valence-electron chi connectivity index (χ4n) is 1.10. The number of carboxylic acid groups (broad SMARTS) is 1. The molecule has 1 rings (SSSR count). The standard InChI is InChI=1S/C9H10BrNO2/c10-5-6-1-2-8(11)3-7(6)4-9(12)13/h1-3H,4-5,11H2,(H,12,13). The van der Waals surface area contributed by atoms with Crippen LogP contribution in [0.2, 0.25) is 0 Å². The predicted molar refractivity (Wildman–Crippen MR) is 54.8 cm³/mol. The van der Waals surface area contributed by atoms with E-state index in [1.165, 1.54) is 0 Å². The molecule has 0 unspecified atom stereocenters. The Labute approximate surface area is 84.7 Å². The van der Waals surface area contributed by atoms with Crippen LogP contribution in [0.15, 0.2) is 18.2 Å². The molecule has 0 heterocycles. The maximum atomic E-state index is 10.5. The van der Waals surface area contributed by atoms with Crippen LogP contribution in [-0.2, 0) is 16.5 Å². The summed E-state index contributed by atoms with van der Waals surface area (Å²) in [6.45, 7) is 0. The van der Waals surface area contributed by atoms with Gasteiger partial charge in [0, 0.05) is 11.0 Å². The Morgan fingerprint density at radius 3 is 2.69 bits per heavy atom. The van der Waals surface area contributed by atoms with Gasteiger partial charge in [0.2, 0.25) is 0 Å². The molecule has 1 aromatic carbocycles. The fraction of sp³-hybridized carbons (Fsp3) is 0.222. The number of anilines is 1. The Balaban J connectivity index is 3.01. The van der Waals surface area contributed by atoms with E-state index in [0.717, 1.165) is 11.1 Å². The van der Waals surface area contributed by atoms with Crippen LogP contribution < -0.4 is 5.73 Å². The molecule has 0 aliphatic carbocycles. The van der Waals surface area contributed by atoms with Gasteiger partial charge in [-0.15, -0.1) is 0 Å². The van der Waals surface area contributed by atoms with Gasteiger partial charge in [0.05, 0.1) is 6.42 Å². The number of hydrogen-bond donors (Lipinski definition) is 2. The average molecular weight is 244 g/mol. The van der Waals surface area contributed by atoms with Crippen LogP contribution in [0.1, 0.15) is 11.1 Å². The Hall–Kier alpha value is -1.03. The van der Waals surface area contributed by atoms with Crippen LogP contribution in [0.5, 0.6) is 0 Å². The van der Waals surface area contributed by atoms with Gasteiger partial charge in [-0.05, 0) is 23.3 Å². The molecule has 0 amide bonds. The number of halogens is 1. The summed E-state index contributed by atoms with van der Waals surface area (Å²) >= 11 is 3.29. The molecule has 13 heavy (non-hydrogen) atoms. The van der Waals surface area contributed by atoms with E-state index in [9.17, 15) is 4.79 Å². The molecule has 1 aromatic rings. The maximum Gasteiger partial charge on any atom is 0.307 e. The lowest BCUT2D eigenvalue weighted by atomic mass is 10.1. The van der Waals surface area contributed by atoms with Gasteiger partial charge in [-0.3, -0.25) is 4.79 Å². The van der Waals surface area contributed by atoms with E-state index in [0.29, 0.717) is 11.0 Å². The van der Waals surface area contributed by atoms with E-state index in [-0.39, 0.29) is 6.42 Å². The first-order chi connectivity index (χ1) is 6.13. The third kappa shape index (κ3) is 2.73. The average Bonchev–Trinajstić information content (AvgIpc) is 2.03. The highest BCUT2D eigenvalue weighted by molar-refractivity contribution is 9.08. The summed E-state index contributed by atoms with van der Waals surface area (Å²) in [5.41, 5.74) is 7.88. The lowest BCUT2D eigenvalue weighted by Gasteiger charge is -2.05. The highest BCUT2D eigenvalue weighted by atomic mass is 79.9. The van der Waals surface area contributed by atoms with Crippen LogP contribution in [0, 0.1) is 0 Å². The summed E-state index contributed by atoms with van der Waals surface area (Å²) in [6, 6.07) is 5.30. The van der Waals surface area contributed by atoms with Crippen molar-refractivity contribution in [2.45, 2.75) is 11.8 Å². The Morgan fingerprint density at radius 2 is 2.15 bits per heavy atom. The second-order valence-corrected chi connectivity index (χ2v) is 3.29. The van der Waals surface area contributed by atoms with E-state index in [1.807, 2.05) is 6.07 Å². The van der Waals surface area contributed by atoms with Gasteiger partial charge in [0.15, 0.2) is 0 Å². The Bertz CT molecular complexity index is 325. The third-order valence-electron chi connectivity index (χ3n) is 1.72. The van der Waals surface area contributed by atoms with Crippen molar-refractivity contribution in [2.75, 3.05) is 5.73 Å². The number of hydrogen-bond acceptors (Lipinski definition) is 2. The number of nitrogens with two attached hydrogens (primary N) is 1. The molecule has 0 spiro atoms. The number of nitrogen functional groups attached to an aromatic ring is 1. The molecule has 70 valence electrons. The number of alkyl halides is 1. The summed E-state index contributed by atoms with van der Waals surface area (Å²) in [6.07, 6.45) is 0.0198. The quantitative estimate of drug-likeness (QED) is 0.629. The van der Waals surface area contributed by atoms with E-state index in [1.54, 1.807) is 12.1 Å². The fourth-order valence-corrected chi connectivity index (χ4v) is 1.65. The van der Waals surface area contributed by atoms with Crippen LogP contribution in [0.25, 0.3) is 0 Å². The number of rotatable bonds is 3. The second kappa shape index (κ2) is 4.28. The van der Waals surface area contributed by atoms with Crippen molar-refractivity contribution in [3.63, 3.8) is 0 Å². The van der Waals surface area contributed by atoms with Crippen molar-refractivity contribution in [3.8, 4) is 0 Å². The lowest BCUT2D eigenvalue weighted by molar-refractivity contribution is -0.136. The zero-order chi connectivity index (χ0) is 9.84. The van der Waals surface area contributed by atoms with E-state index >= 15 is 0 Å². The van der Waals surface area contributed by atoms with Crippen LogP contribution in [0.3, 0.4) is 0 Å². The zero-order valence-corrected chi connectivity index (χ0v) is 8.54. The Morgan fingerprint density at radius 1 is 1.46 bits per heavy atom. The van der Waals surface area contributed by atoms with Crippen LogP contribution in [-0.4, -0.2) is 11.1 Å². The molecule has 0 bridgehead atoms. The molecule has 0 saturated heterocycles. The first-order valence-electron chi connectivity index (χ1n) is 3.78. The molecule has 0 radical (unpaired) electrons. The predicted octanol–water partition coefficient (Wildman–Crippen LogP) is 1.79. The highest BCUT2D eigenvalue weighted by Gasteiger charge is 2.05. The number of carboxylic acids is 1. The lowest BCUT2D eigenvalue weighted by Crippen LogP contribution is -2.03. The van der Waals surface area contributed by atoms with E-state index < -0.39 is 5.97 Å². The molecule has 0 atom stereocenters. The molecule has 3 N–H and O–H groups in total. The van der Waals surface area contributed by atoms with E-state index in [2.05, 4.69) is 15.9 Å². The van der Waals surface area contributed by atoms with Crippen molar-refractivity contribution in [3.05, 3.63) is 29.3 Å². The minimum Gasteiger partial charge on any atom is -0.481 e. The van der Waals surface area contributed by atoms with Gasteiger partial charge >= 0.3 is 5.97 Å². The van der Waals surface area contributed by atoms with Gasteiger partial charge < -0.3 is 10.8 Å². The normalized spacial score (nSPS) is 9.92. The molecule has 0 aliphatic heterocycles. The summed E-state index contributed by atoms with van der Waals surface area (Å²) in [7, 11) is 0. The Kier molecular flexibility index (Phi) is 3.31. The van der Waals surface area contributed by atoms with Gasteiger partial charge in [0.25, 0.3) is 0 Å². The van der Waals surface area contributed by atoms with Crippen molar-refractivity contribution >= 4 is 27.6 Å². The minimum absolute atomic E-state index is 0.0198. The molecular formula is C9H10BrNO2. The number of carbonyl (C=O) groups is 1. The van der Waals surface area contributed by atoms with Crippen molar-refractivity contribution < 1.29 is 9.90 Å². The molecule has 0 aliphatic rings. The van der Waals surface area contributed by atoms with Gasteiger partial charge in [0.1, 0.15) is 0 Å². The summed E-state index contributed by atoms with van der Waals surface area (Å²) in [5, 5.41) is 9.27. The minimum atomic E-state index is -0.840. The third-order valence-corrected chi connectivity index (χ3v) is 2.32. The van der Waals surface area contributed by atoms with E-state index in [4.69, 9.17) is 10.8 Å². The molecule has 0 fully saturated rings. The molecule has 3 nitrogen and oxygen atoms in total. The number of aliphatic carboxylic acids is 1. The molecular weight excluding hydrogens is 234 g/mol. The largest absolute Gasteiger partial charge is 0.481 e. The first kappa shape index (κ1) is 10.1. The molecule has 0 aromatic heterocycles. The molecule has 4 heteroatoms. The summed E-state index contributed by atoms with van der Waals surface area (Å²) in [5.74, 6) is -0.840. The van der Waals surface area contributed by atoms with Gasteiger partial charge in [-0.2, -0.15) is 0 Å². The molecule has 0 saturated carbocycles. The topological polar surface area (TPSA) is 63.3 Å². The van der Waals surface area contributed by atoms with Gasteiger partial charge in [-0.25, -0.2) is 0 Å². The first-order valence-corrected chi connectivity index (χ1v) is 4.90. The second-order valence-electron chi connectivity index (χ2n) is 2.73.